The third-order valence-corrected chi connectivity index (χ3v) is 3.68. The lowest BCUT2D eigenvalue weighted by Gasteiger charge is -2.18. The molecule has 1 atom stereocenters. The van der Waals surface area contributed by atoms with Crippen molar-refractivity contribution in [1.82, 2.24) is 10.3 Å². The van der Waals surface area contributed by atoms with Gasteiger partial charge < -0.3 is 9.73 Å². The highest BCUT2D eigenvalue weighted by atomic mass is 79.9. The summed E-state index contributed by atoms with van der Waals surface area (Å²) >= 11 is 3.41. The van der Waals surface area contributed by atoms with Crippen molar-refractivity contribution in [2.45, 2.75) is 18.9 Å². The van der Waals surface area contributed by atoms with Crippen LogP contribution in [0.4, 0.5) is 0 Å². The van der Waals surface area contributed by atoms with Crippen LogP contribution in [0.15, 0.2) is 45.9 Å². The van der Waals surface area contributed by atoms with Gasteiger partial charge in [-0.2, -0.15) is 0 Å². The number of hydrogen-bond acceptors (Lipinski definition) is 3. The molecule has 1 saturated carbocycles. The number of nitrogens with zero attached hydrogens (tertiary/aromatic N) is 1. The lowest BCUT2D eigenvalue weighted by Crippen LogP contribution is -2.29. The number of carbonyl (C=O) groups excluding carboxylic acids is 1. The van der Waals surface area contributed by atoms with E-state index < -0.39 is 0 Å². The molecular formula is C14H13BrN2O2. The quantitative estimate of drug-likeness (QED) is 0.940. The molecule has 19 heavy (non-hydrogen) atoms. The summed E-state index contributed by atoms with van der Waals surface area (Å²) in [5.41, 5.74) is 1.59. The van der Waals surface area contributed by atoms with Crippen molar-refractivity contribution in [1.29, 1.82) is 0 Å². The highest BCUT2D eigenvalue weighted by molar-refractivity contribution is 9.10. The molecular weight excluding hydrogens is 308 g/mol. The van der Waals surface area contributed by atoms with E-state index in [1.165, 1.54) is 12.5 Å². The predicted octanol–water partition coefficient (Wildman–Crippen LogP) is 3.32. The first-order valence-corrected chi connectivity index (χ1v) is 6.97. The Labute approximate surface area is 119 Å². The third-order valence-electron chi connectivity index (χ3n) is 3.25. The fourth-order valence-corrected chi connectivity index (χ4v) is 2.50. The highest BCUT2D eigenvalue weighted by Crippen LogP contribution is 2.41. The van der Waals surface area contributed by atoms with Crippen molar-refractivity contribution >= 4 is 21.8 Å². The zero-order valence-corrected chi connectivity index (χ0v) is 11.8. The Morgan fingerprint density at radius 2 is 2.32 bits per heavy atom. The Balaban J connectivity index is 1.80. The molecule has 1 unspecified atom stereocenters. The molecule has 0 aromatic carbocycles. The normalized spacial score (nSPS) is 16.1. The van der Waals surface area contributed by atoms with Crippen LogP contribution in [0, 0.1) is 5.92 Å². The standard InChI is InChI=1S/C14H13BrN2O2/c15-12-5-11(6-16-7-12)13(9-1-2-9)17-14(18)10-3-4-19-8-10/h3-9,13H,1-2H2,(H,17,18). The van der Waals surface area contributed by atoms with Gasteiger partial charge in [-0.15, -0.1) is 0 Å². The topological polar surface area (TPSA) is 55.1 Å². The molecule has 1 aliphatic carbocycles. The largest absolute Gasteiger partial charge is 0.472 e. The van der Waals surface area contributed by atoms with Crippen molar-refractivity contribution in [2.24, 2.45) is 5.92 Å². The van der Waals surface area contributed by atoms with Gasteiger partial charge in [-0.05, 0) is 52.4 Å². The number of hydrogen-bond donors (Lipinski definition) is 1. The fraction of sp³-hybridized carbons (Fsp3) is 0.286. The molecule has 4 nitrogen and oxygen atoms in total. The summed E-state index contributed by atoms with van der Waals surface area (Å²) < 4.78 is 5.86. The van der Waals surface area contributed by atoms with E-state index in [1.807, 2.05) is 12.3 Å². The summed E-state index contributed by atoms with van der Waals surface area (Å²) in [6, 6.07) is 3.69. The minimum absolute atomic E-state index is 0.0207. The number of nitrogens with one attached hydrogen (secondary N) is 1. The minimum Gasteiger partial charge on any atom is -0.472 e. The number of amides is 1. The first-order valence-electron chi connectivity index (χ1n) is 6.17. The molecule has 0 aliphatic heterocycles. The Bertz CT molecular complexity index is 579. The Hall–Kier alpha value is -1.62. The number of pyridine rings is 1. The van der Waals surface area contributed by atoms with E-state index in [4.69, 9.17) is 4.42 Å². The van der Waals surface area contributed by atoms with Crippen LogP contribution < -0.4 is 5.32 Å². The molecule has 0 saturated heterocycles. The van der Waals surface area contributed by atoms with Crippen LogP contribution >= 0.6 is 15.9 Å². The van der Waals surface area contributed by atoms with Crippen LogP contribution in [-0.4, -0.2) is 10.9 Å². The Kier molecular flexibility index (Phi) is 3.38. The van der Waals surface area contributed by atoms with Gasteiger partial charge in [-0.1, -0.05) is 0 Å². The average molecular weight is 321 g/mol. The summed E-state index contributed by atoms with van der Waals surface area (Å²) in [4.78, 5) is 16.3. The maximum Gasteiger partial charge on any atom is 0.255 e. The van der Waals surface area contributed by atoms with E-state index >= 15 is 0 Å². The lowest BCUT2D eigenvalue weighted by molar-refractivity contribution is 0.0931. The first-order chi connectivity index (χ1) is 9.24. The summed E-state index contributed by atoms with van der Waals surface area (Å²) in [5.74, 6) is 0.401. The van der Waals surface area contributed by atoms with Crippen LogP contribution in [0.5, 0.6) is 0 Å². The van der Waals surface area contributed by atoms with Gasteiger partial charge in [0.25, 0.3) is 5.91 Å². The van der Waals surface area contributed by atoms with Gasteiger partial charge in [-0.25, -0.2) is 0 Å². The second-order valence-electron chi connectivity index (χ2n) is 4.74. The highest BCUT2D eigenvalue weighted by Gasteiger charge is 2.34. The van der Waals surface area contributed by atoms with Crippen LogP contribution in [0.1, 0.15) is 34.8 Å². The van der Waals surface area contributed by atoms with E-state index in [-0.39, 0.29) is 11.9 Å². The zero-order chi connectivity index (χ0) is 13.2. The molecule has 2 heterocycles. The molecule has 3 rings (SSSR count). The fourth-order valence-electron chi connectivity index (χ4n) is 2.12. The second kappa shape index (κ2) is 5.17. The molecule has 2 aromatic heterocycles. The van der Waals surface area contributed by atoms with Gasteiger partial charge in [-0.3, -0.25) is 9.78 Å². The maximum atomic E-state index is 12.1. The van der Waals surface area contributed by atoms with Crippen molar-refractivity contribution in [3.63, 3.8) is 0 Å². The summed E-state index contributed by atoms with van der Waals surface area (Å²) in [5, 5.41) is 3.07. The van der Waals surface area contributed by atoms with Crippen LogP contribution in [0.2, 0.25) is 0 Å². The van der Waals surface area contributed by atoms with Crippen LogP contribution in [0.3, 0.4) is 0 Å². The minimum atomic E-state index is -0.106. The SMILES string of the molecule is O=C(NC(c1cncc(Br)c1)C1CC1)c1ccoc1. The van der Waals surface area contributed by atoms with Crippen molar-refractivity contribution in [3.8, 4) is 0 Å². The summed E-state index contributed by atoms with van der Waals surface area (Å²) in [7, 11) is 0. The van der Waals surface area contributed by atoms with Gasteiger partial charge in [0.05, 0.1) is 17.9 Å². The molecule has 1 amide bonds. The van der Waals surface area contributed by atoms with Gasteiger partial charge in [0, 0.05) is 16.9 Å². The molecule has 5 heteroatoms. The number of halogens is 1. The smallest absolute Gasteiger partial charge is 0.255 e. The molecule has 0 bridgehead atoms. The van der Waals surface area contributed by atoms with E-state index in [9.17, 15) is 4.79 Å². The van der Waals surface area contributed by atoms with Gasteiger partial charge in [0.2, 0.25) is 0 Å². The molecule has 98 valence electrons. The second-order valence-corrected chi connectivity index (χ2v) is 5.65. The van der Waals surface area contributed by atoms with Crippen molar-refractivity contribution in [3.05, 3.63) is 52.7 Å². The van der Waals surface area contributed by atoms with E-state index in [2.05, 4.69) is 26.2 Å². The third kappa shape index (κ3) is 2.87. The molecule has 0 radical (unpaired) electrons. The summed E-state index contributed by atoms with van der Waals surface area (Å²) in [6.07, 6.45) is 8.79. The van der Waals surface area contributed by atoms with Gasteiger partial charge >= 0.3 is 0 Å². The maximum absolute atomic E-state index is 12.1. The molecule has 1 fully saturated rings. The monoisotopic (exact) mass is 320 g/mol. The number of furan rings is 1. The van der Waals surface area contributed by atoms with Gasteiger partial charge in [0.1, 0.15) is 6.26 Å². The van der Waals surface area contributed by atoms with E-state index in [1.54, 1.807) is 12.3 Å². The first kappa shape index (κ1) is 12.4. The number of rotatable bonds is 4. The van der Waals surface area contributed by atoms with Gasteiger partial charge in [0.15, 0.2) is 0 Å². The van der Waals surface area contributed by atoms with Crippen LogP contribution in [-0.2, 0) is 0 Å². The van der Waals surface area contributed by atoms with Crippen molar-refractivity contribution < 1.29 is 9.21 Å². The van der Waals surface area contributed by atoms with E-state index in [0.717, 1.165) is 22.9 Å². The van der Waals surface area contributed by atoms with E-state index in [0.29, 0.717) is 11.5 Å². The number of aromatic nitrogens is 1. The van der Waals surface area contributed by atoms with Crippen LogP contribution in [0.25, 0.3) is 0 Å². The number of carbonyl (C=O) groups is 1. The summed E-state index contributed by atoms with van der Waals surface area (Å²) in [6.45, 7) is 0. The lowest BCUT2D eigenvalue weighted by atomic mass is 10.0. The van der Waals surface area contributed by atoms with Crippen molar-refractivity contribution in [2.75, 3.05) is 0 Å². The zero-order valence-electron chi connectivity index (χ0n) is 10.2. The Morgan fingerprint density at radius 1 is 1.47 bits per heavy atom. The molecule has 1 aliphatic rings. The predicted molar refractivity (Wildman–Crippen MR) is 73.6 cm³/mol. The molecule has 0 spiro atoms. The Morgan fingerprint density at radius 3 is 2.95 bits per heavy atom. The average Bonchev–Trinajstić information content (AvgIpc) is 3.09. The molecule has 1 N–H and O–H groups in total. The molecule has 2 aromatic rings.